The standard InChI is InChI=1S/C17H17ClFN3O3/c1-10(23)21-12-4-6-16(25-2)15(8-12)20-9-17(24)22-14-5-3-11(19)7-13(14)18/h3-8,20H,9H2,1-2H3,(H,21,23)(H,22,24). The van der Waals surface area contributed by atoms with Gasteiger partial charge in [-0.1, -0.05) is 11.6 Å². The molecule has 132 valence electrons. The molecular formula is C17H17ClFN3O3. The van der Waals surface area contributed by atoms with Crippen LogP contribution in [0.1, 0.15) is 6.92 Å². The predicted octanol–water partition coefficient (Wildman–Crippen LogP) is 3.50. The predicted molar refractivity (Wildman–Crippen MR) is 95.8 cm³/mol. The van der Waals surface area contributed by atoms with Gasteiger partial charge in [-0.15, -0.1) is 0 Å². The summed E-state index contributed by atoms with van der Waals surface area (Å²) in [4.78, 5) is 23.2. The Morgan fingerprint density at radius 2 is 1.88 bits per heavy atom. The third-order valence-corrected chi connectivity index (χ3v) is 3.48. The average molecular weight is 366 g/mol. The molecule has 2 aromatic carbocycles. The highest BCUT2D eigenvalue weighted by Gasteiger charge is 2.10. The summed E-state index contributed by atoms with van der Waals surface area (Å²) in [5.74, 6) is -0.553. The maximum atomic E-state index is 13.0. The van der Waals surface area contributed by atoms with Gasteiger partial charge in [0.25, 0.3) is 0 Å². The lowest BCUT2D eigenvalue weighted by Crippen LogP contribution is -2.22. The van der Waals surface area contributed by atoms with Gasteiger partial charge in [-0.2, -0.15) is 0 Å². The zero-order valence-corrected chi connectivity index (χ0v) is 14.4. The zero-order chi connectivity index (χ0) is 18.4. The lowest BCUT2D eigenvalue weighted by atomic mass is 10.2. The summed E-state index contributed by atoms with van der Waals surface area (Å²) < 4.78 is 18.2. The van der Waals surface area contributed by atoms with Gasteiger partial charge in [-0.25, -0.2) is 4.39 Å². The molecule has 3 N–H and O–H groups in total. The molecule has 2 amide bonds. The number of carbonyl (C=O) groups excluding carboxylic acids is 2. The molecule has 0 saturated carbocycles. The van der Waals surface area contributed by atoms with Crippen LogP contribution in [0.25, 0.3) is 0 Å². The Bertz CT molecular complexity index is 799. The van der Waals surface area contributed by atoms with Crippen LogP contribution in [0.5, 0.6) is 5.75 Å². The van der Waals surface area contributed by atoms with E-state index in [0.717, 1.165) is 6.07 Å². The summed E-state index contributed by atoms with van der Waals surface area (Å²) in [6.45, 7) is 1.32. The molecule has 0 radical (unpaired) electrons. The molecule has 0 bridgehead atoms. The van der Waals surface area contributed by atoms with Crippen molar-refractivity contribution in [2.24, 2.45) is 0 Å². The Morgan fingerprint density at radius 3 is 2.52 bits per heavy atom. The Labute approximate surface area is 149 Å². The maximum Gasteiger partial charge on any atom is 0.243 e. The van der Waals surface area contributed by atoms with E-state index in [-0.39, 0.29) is 23.4 Å². The molecule has 6 nitrogen and oxygen atoms in total. The van der Waals surface area contributed by atoms with E-state index in [2.05, 4.69) is 16.0 Å². The highest BCUT2D eigenvalue weighted by molar-refractivity contribution is 6.33. The topological polar surface area (TPSA) is 79.5 Å². The molecule has 0 aromatic heterocycles. The molecule has 0 atom stereocenters. The van der Waals surface area contributed by atoms with Crippen LogP contribution >= 0.6 is 11.6 Å². The van der Waals surface area contributed by atoms with Crippen LogP contribution in [0.2, 0.25) is 5.02 Å². The highest BCUT2D eigenvalue weighted by atomic mass is 35.5. The summed E-state index contributed by atoms with van der Waals surface area (Å²) >= 11 is 5.87. The second kappa shape index (κ2) is 8.34. The SMILES string of the molecule is COc1ccc(NC(C)=O)cc1NCC(=O)Nc1ccc(F)cc1Cl. The van der Waals surface area contributed by atoms with E-state index in [9.17, 15) is 14.0 Å². The molecule has 0 aliphatic rings. The fourth-order valence-electron chi connectivity index (χ4n) is 2.09. The molecule has 0 aliphatic carbocycles. The Balaban J connectivity index is 2.04. The molecule has 0 aliphatic heterocycles. The van der Waals surface area contributed by atoms with E-state index in [1.54, 1.807) is 18.2 Å². The molecular weight excluding hydrogens is 349 g/mol. The summed E-state index contributed by atoms with van der Waals surface area (Å²) in [5.41, 5.74) is 1.42. The van der Waals surface area contributed by atoms with Gasteiger partial charge < -0.3 is 20.7 Å². The van der Waals surface area contributed by atoms with Crippen molar-refractivity contribution < 1.29 is 18.7 Å². The van der Waals surface area contributed by atoms with Crippen molar-refractivity contribution in [2.75, 3.05) is 29.6 Å². The first-order valence-corrected chi connectivity index (χ1v) is 7.71. The molecule has 0 fully saturated rings. The minimum Gasteiger partial charge on any atom is -0.495 e. The number of anilines is 3. The Morgan fingerprint density at radius 1 is 1.12 bits per heavy atom. The molecule has 0 saturated heterocycles. The van der Waals surface area contributed by atoms with Crippen LogP contribution in [0.15, 0.2) is 36.4 Å². The van der Waals surface area contributed by atoms with Crippen LogP contribution in [0.4, 0.5) is 21.5 Å². The first-order chi connectivity index (χ1) is 11.9. The molecule has 25 heavy (non-hydrogen) atoms. The summed E-state index contributed by atoms with van der Waals surface area (Å²) in [7, 11) is 1.50. The van der Waals surface area contributed by atoms with Gasteiger partial charge in [0.1, 0.15) is 11.6 Å². The van der Waals surface area contributed by atoms with Crippen molar-refractivity contribution in [2.45, 2.75) is 6.92 Å². The quantitative estimate of drug-likeness (QED) is 0.732. The normalized spacial score (nSPS) is 10.1. The molecule has 2 rings (SSSR count). The van der Waals surface area contributed by atoms with Gasteiger partial charge in [0, 0.05) is 12.6 Å². The largest absolute Gasteiger partial charge is 0.495 e. The lowest BCUT2D eigenvalue weighted by molar-refractivity contribution is -0.115. The molecule has 0 unspecified atom stereocenters. The van der Waals surface area contributed by atoms with E-state index in [1.807, 2.05) is 0 Å². The second-order valence-electron chi connectivity index (χ2n) is 5.12. The van der Waals surface area contributed by atoms with Crippen LogP contribution in [0.3, 0.4) is 0 Å². The van der Waals surface area contributed by atoms with Gasteiger partial charge in [-0.05, 0) is 36.4 Å². The van der Waals surface area contributed by atoms with E-state index < -0.39 is 5.82 Å². The van der Waals surface area contributed by atoms with Crippen LogP contribution in [-0.4, -0.2) is 25.5 Å². The van der Waals surface area contributed by atoms with Crippen molar-refractivity contribution in [1.82, 2.24) is 0 Å². The zero-order valence-electron chi connectivity index (χ0n) is 13.7. The van der Waals surface area contributed by atoms with E-state index in [0.29, 0.717) is 22.8 Å². The highest BCUT2D eigenvalue weighted by Crippen LogP contribution is 2.28. The number of nitrogens with one attached hydrogen (secondary N) is 3. The Hall–Kier alpha value is -2.80. The number of benzene rings is 2. The van der Waals surface area contributed by atoms with Gasteiger partial charge in [0.05, 0.1) is 30.1 Å². The maximum absolute atomic E-state index is 13.0. The van der Waals surface area contributed by atoms with Crippen molar-refractivity contribution in [1.29, 1.82) is 0 Å². The first-order valence-electron chi connectivity index (χ1n) is 7.33. The fourth-order valence-corrected chi connectivity index (χ4v) is 2.30. The molecule has 8 heteroatoms. The van der Waals surface area contributed by atoms with Crippen LogP contribution in [0, 0.1) is 5.82 Å². The van der Waals surface area contributed by atoms with Crippen LogP contribution in [-0.2, 0) is 9.59 Å². The minimum atomic E-state index is -0.486. The summed E-state index contributed by atoms with van der Waals surface area (Å²) in [6.07, 6.45) is 0. The number of carbonyl (C=O) groups is 2. The number of hydrogen-bond acceptors (Lipinski definition) is 4. The molecule has 0 spiro atoms. The third kappa shape index (κ3) is 5.36. The number of amides is 2. The van der Waals surface area contributed by atoms with E-state index in [4.69, 9.17) is 16.3 Å². The van der Waals surface area contributed by atoms with Gasteiger partial charge in [0.2, 0.25) is 11.8 Å². The monoisotopic (exact) mass is 365 g/mol. The van der Waals surface area contributed by atoms with Crippen molar-refractivity contribution in [3.8, 4) is 5.75 Å². The summed E-state index contributed by atoms with van der Waals surface area (Å²) in [5, 5.41) is 8.26. The third-order valence-electron chi connectivity index (χ3n) is 3.16. The van der Waals surface area contributed by atoms with Crippen molar-refractivity contribution in [3.63, 3.8) is 0 Å². The van der Waals surface area contributed by atoms with Gasteiger partial charge in [-0.3, -0.25) is 9.59 Å². The van der Waals surface area contributed by atoms with E-state index in [1.165, 1.54) is 26.2 Å². The molecule has 2 aromatic rings. The number of methoxy groups -OCH3 is 1. The Kier molecular flexibility index (Phi) is 6.19. The first kappa shape index (κ1) is 18.5. The van der Waals surface area contributed by atoms with Gasteiger partial charge in [0.15, 0.2) is 0 Å². The average Bonchev–Trinajstić information content (AvgIpc) is 2.55. The van der Waals surface area contributed by atoms with E-state index >= 15 is 0 Å². The fraction of sp³-hybridized carbons (Fsp3) is 0.176. The number of halogens is 2. The number of rotatable bonds is 6. The second-order valence-corrected chi connectivity index (χ2v) is 5.53. The van der Waals surface area contributed by atoms with Crippen LogP contribution < -0.4 is 20.7 Å². The minimum absolute atomic E-state index is 0.0758. The number of ether oxygens (including phenoxy) is 1. The van der Waals surface area contributed by atoms with Crippen molar-refractivity contribution in [3.05, 3.63) is 47.2 Å². The van der Waals surface area contributed by atoms with Gasteiger partial charge >= 0.3 is 0 Å². The van der Waals surface area contributed by atoms with Crippen molar-refractivity contribution >= 4 is 40.5 Å². The summed E-state index contributed by atoms with van der Waals surface area (Å²) in [6, 6.07) is 8.71. The smallest absolute Gasteiger partial charge is 0.243 e. The number of hydrogen-bond donors (Lipinski definition) is 3. The lowest BCUT2D eigenvalue weighted by Gasteiger charge is -2.13. The molecule has 0 heterocycles.